The number of hydrogen-bond donors (Lipinski definition) is 1. The summed E-state index contributed by atoms with van der Waals surface area (Å²) >= 11 is 1.17. The van der Waals surface area contributed by atoms with Crippen LogP contribution in [0.2, 0.25) is 0 Å². The first-order chi connectivity index (χ1) is 15.5. The minimum absolute atomic E-state index is 0.0420. The number of carbonyl (C=O) groups is 2. The van der Waals surface area contributed by atoms with Crippen LogP contribution in [-0.4, -0.2) is 33.0 Å². The van der Waals surface area contributed by atoms with E-state index in [1.807, 2.05) is 44.2 Å². The Balaban J connectivity index is 1.51. The molecule has 1 aliphatic rings. The van der Waals surface area contributed by atoms with Gasteiger partial charge in [0.1, 0.15) is 5.70 Å². The van der Waals surface area contributed by atoms with Crippen LogP contribution in [0.25, 0.3) is 6.08 Å². The second-order valence-electron chi connectivity index (χ2n) is 7.16. The van der Waals surface area contributed by atoms with Gasteiger partial charge in [0.05, 0.1) is 11.4 Å². The van der Waals surface area contributed by atoms with E-state index in [4.69, 9.17) is 4.52 Å². The molecule has 2 amide bonds. The maximum atomic E-state index is 13.1. The average molecular weight is 450 g/mol. The quantitative estimate of drug-likeness (QED) is 0.458. The van der Waals surface area contributed by atoms with Gasteiger partial charge in [-0.2, -0.15) is 0 Å². The standard InChI is InChI=1S/C22H20N6O3S/c1-15(2)27-13-20(31-26-27)25-19(29)14-32-22-24-18(12-16-8-10-23-11-9-16)21(30)28(22)17-6-4-3-5-7-17/h3-13,15H,14H2,1-2H3/p+1/b18-12+. The van der Waals surface area contributed by atoms with Gasteiger partial charge in [0.25, 0.3) is 12.1 Å². The highest BCUT2D eigenvalue weighted by atomic mass is 32.2. The van der Waals surface area contributed by atoms with Crippen molar-refractivity contribution in [2.75, 3.05) is 16.0 Å². The summed E-state index contributed by atoms with van der Waals surface area (Å²) in [6.07, 6.45) is 6.62. The summed E-state index contributed by atoms with van der Waals surface area (Å²) in [7, 11) is 0. The molecule has 0 saturated heterocycles. The van der Waals surface area contributed by atoms with Crippen LogP contribution >= 0.6 is 11.8 Å². The number of carbonyl (C=O) groups excluding carboxylic acids is 2. The minimum Gasteiger partial charge on any atom is -0.288 e. The van der Waals surface area contributed by atoms with Gasteiger partial charge in [-0.1, -0.05) is 30.0 Å². The van der Waals surface area contributed by atoms with Gasteiger partial charge >= 0.3 is 5.88 Å². The van der Waals surface area contributed by atoms with Gasteiger partial charge in [-0.15, -0.1) is 0 Å². The van der Waals surface area contributed by atoms with Gasteiger partial charge in [0.15, 0.2) is 11.2 Å². The lowest BCUT2D eigenvalue weighted by Crippen LogP contribution is -2.37. The van der Waals surface area contributed by atoms with E-state index in [2.05, 4.69) is 20.6 Å². The molecule has 0 radical (unpaired) electrons. The van der Waals surface area contributed by atoms with Crippen molar-refractivity contribution in [2.24, 2.45) is 4.99 Å². The summed E-state index contributed by atoms with van der Waals surface area (Å²) in [5.41, 5.74) is 1.78. The maximum Gasteiger partial charge on any atom is 0.302 e. The van der Waals surface area contributed by atoms with Crippen molar-refractivity contribution < 1.29 is 18.8 Å². The Morgan fingerprint density at radius 1 is 1.22 bits per heavy atom. The third-order valence-electron chi connectivity index (χ3n) is 4.46. The van der Waals surface area contributed by atoms with Crippen molar-refractivity contribution in [1.82, 2.24) is 10.3 Å². The zero-order valence-corrected chi connectivity index (χ0v) is 18.3. The third-order valence-corrected chi connectivity index (χ3v) is 5.40. The molecule has 1 aromatic carbocycles. The highest BCUT2D eigenvalue weighted by molar-refractivity contribution is 8.14. The second kappa shape index (κ2) is 9.56. The molecule has 0 aliphatic carbocycles. The fraction of sp³-hybridized carbons (Fsp3) is 0.182. The van der Waals surface area contributed by atoms with Crippen LogP contribution in [0, 0.1) is 0 Å². The van der Waals surface area contributed by atoms with E-state index < -0.39 is 0 Å². The highest BCUT2D eigenvalue weighted by Crippen LogP contribution is 2.29. The number of amidine groups is 1. The van der Waals surface area contributed by atoms with E-state index in [0.717, 1.165) is 5.56 Å². The summed E-state index contributed by atoms with van der Waals surface area (Å²) in [5.74, 6) is -0.256. The minimum atomic E-state index is -0.295. The number of benzene rings is 1. The number of nitrogens with zero attached hydrogens (tertiary/aromatic N) is 5. The molecule has 3 aromatic rings. The molecule has 0 unspecified atom stereocenters. The van der Waals surface area contributed by atoms with Crippen LogP contribution in [0.5, 0.6) is 0 Å². The first kappa shape index (κ1) is 21.4. The molecular weight excluding hydrogens is 428 g/mol. The monoisotopic (exact) mass is 449 g/mol. The van der Waals surface area contributed by atoms with E-state index in [-0.39, 0.29) is 35.2 Å². The van der Waals surface area contributed by atoms with E-state index in [9.17, 15) is 9.59 Å². The lowest BCUT2D eigenvalue weighted by Gasteiger charge is -2.17. The second-order valence-corrected chi connectivity index (χ2v) is 8.10. The van der Waals surface area contributed by atoms with Crippen molar-refractivity contribution in [1.29, 1.82) is 0 Å². The molecule has 4 rings (SSSR count). The normalized spacial score (nSPS) is 14.8. The summed E-state index contributed by atoms with van der Waals surface area (Å²) in [6.45, 7) is 3.91. The van der Waals surface area contributed by atoms with Crippen molar-refractivity contribution in [2.45, 2.75) is 19.9 Å². The lowest BCUT2D eigenvalue weighted by atomic mass is 10.2. The molecule has 0 bridgehead atoms. The van der Waals surface area contributed by atoms with Crippen molar-refractivity contribution >= 4 is 46.4 Å². The Bertz CT molecular complexity index is 1170. The third kappa shape index (κ3) is 4.92. The van der Waals surface area contributed by atoms with Crippen LogP contribution < -0.4 is 14.9 Å². The Labute approximate surface area is 188 Å². The molecule has 0 atom stereocenters. The summed E-state index contributed by atoms with van der Waals surface area (Å²) in [6, 6.07) is 12.9. The molecule has 3 heterocycles. The topological polar surface area (TPSA) is 105 Å². The van der Waals surface area contributed by atoms with Crippen LogP contribution in [0.1, 0.15) is 25.5 Å². The highest BCUT2D eigenvalue weighted by Gasteiger charge is 2.32. The predicted octanol–water partition coefficient (Wildman–Crippen LogP) is 3.05. The number of aliphatic imine (C=N–C) groups is 1. The molecule has 0 spiro atoms. The summed E-state index contributed by atoms with van der Waals surface area (Å²) in [4.78, 5) is 35.5. The number of hydrogen-bond acceptors (Lipinski definition) is 7. The molecule has 1 N–H and O–H groups in total. The van der Waals surface area contributed by atoms with Gasteiger partial charge in [-0.3, -0.25) is 29.3 Å². The molecule has 2 aromatic heterocycles. The van der Waals surface area contributed by atoms with Gasteiger partial charge in [0, 0.05) is 12.4 Å². The molecule has 0 fully saturated rings. The maximum absolute atomic E-state index is 13.1. The summed E-state index contributed by atoms with van der Waals surface area (Å²) in [5, 5.41) is 6.94. The molecule has 1 aliphatic heterocycles. The number of aromatic nitrogens is 3. The lowest BCUT2D eigenvalue weighted by molar-refractivity contribution is -0.779. The average Bonchev–Trinajstić information content (AvgIpc) is 3.38. The van der Waals surface area contributed by atoms with E-state index >= 15 is 0 Å². The van der Waals surface area contributed by atoms with E-state index in [0.29, 0.717) is 10.9 Å². The van der Waals surface area contributed by atoms with E-state index in [1.54, 1.807) is 41.5 Å². The predicted molar refractivity (Wildman–Crippen MR) is 122 cm³/mol. The fourth-order valence-electron chi connectivity index (χ4n) is 2.88. The Morgan fingerprint density at radius 3 is 2.66 bits per heavy atom. The van der Waals surface area contributed by atoms with Crippen LogP contribution in [-0.2, 0) is 9.59 Å². The molecule has 9 nitrogen and oxygen atoms in total. The van der Waals surface area contributed by atoms with Crippen LogP contribution in [0.15, 0.2) is 76.3 Å². The molecule has 10 heteroatoms. The fourth-order valence-corrected chi connectivity index (χ4v) is 3.69. The van der Waals surface area contributed by atoms with Crippen LogP contribution in [0.3, 0.4) is 0 Å². The Hall–Kier alpha value is -3.79. The van der Waals surface area contributed by atoms with Crippen molar-refractivity contribution in [3.05, 3.63) is 72.3 Å². The van der Waals surface area contributed by atoms with Gasteiger partial charge in [-0.05, 0) is 54.4 Å². The smallest absolute Gasteiger partial charge is 0.288 e. The van der Waals surface area contributed by atoms with Gasteiger partial charge < -0.3 is 0 Å². The zero-order chi connectivity index (χ0) is 22.5. The van der Waals surface area contributed by atoms with E-state index in [1.165, 1.54) is 16.7 Å². The molecule has 0 saturated carbocycles. The first-order valence-electron chi connectivity index (χ1n) is 9.92. The number of amides is 2. The van der Waals surface area contributed by atoms with Gasteiger partial charge in [0.2, 0.25) is 11.2 Å². The Morgan fingerprint density at radius 2 is 1.97 bits per heavy atom. The number of rotatable bonds is 6. The van der Waals surface area contributed by atoms with Crippen LogP contribution in [0.4, 0.5) is 11.6 Å². The first-order valence-corrected chi connectivity index (χ1v) is 10.9. The molecule has 32 heavy (non-hydrogen) atoms. The largest absolute Gasteiger partial charge is 0.302 e. The molecular formula is C22H21N6O3S+. The number of nitrogens with one attached hydrogen (secondary N) is 1. The molecule has 162 valence electrons. The van der Waals surface area contributed by atoms with Gasteiger partial charge in [-0.25, -0.2) is 4.99 Å². The zero-order valence-electron chi connectivity index (χ0n) is 17.5. The number of thioether (sulfide) groups is 1. The Kier molecular flexibility index (Phi) is 6.41. The summed E-state index contributed by atoms with van der Waals surface area (Å²) < 4.78 is 6.73. The van der Waals surface area contributed by atoms with Crippen molar-refractivity contribution in [3.63, 3.8) is 0 Å². The number of para-hydroxylation sites is 1. The number of anilines is 2. The number of pyridine rings is 1. The SMILES string of the molecule is CC(C)[n+]1cc(NC(=O)CSC2=N/C(=C/c3ccncc3)C(=O)N2c2ccccc2)on1. The van der Waals surface area contributed by atoms with Crippen molar-refractivity contribution in [3.8, 4) is 0 Å².